The first-order valence-corrected chi connectivity index (χ1v) is 9.26. The van der Waals surface area contributed by atoms with Crippen LogP contribution in [0.2, 0.25) is 0 Å². The monoisotopic (exact) mass is 498 g/mol. The van der Waals surface area contributed by atoms with Crippen molar-refractivity contribution in [3.8, 4) is 11.5 Å². The average molecular weight is 498 g/mol. The Bertz CT molecular complexity index is 749. The number of halogens is 1. The second-order valence-electron chi connectivity index (χ2n) is 6.23. The number of rotatable bonds is 9. The highest BCUT2D eigenvalue weighted by atomic mass is 127. The number of benzene rings is 2. The Kier molecular flexibility index (Phi) is 10.5. The summed E-state index contributed by atoms with van der Waals surface area (Å²) < 4.78 is 11.2. The van der Waals surface area contributed by atoms with E-state index in [9.17, 15) is 0 Å². The maximum absolute atomic E-state index is 6.06. The number of nitrogens with one attached hydrogen (secondary N) is 1. The van der Waals surface area contributed by atoms with E-state index in [0.717, 1.165) is 23.6 Å². The smallest absolute Gasteiger partial charge is 0.193 e. The van der Waals surface area contributed by atoms with Crippen LogP contribution >= 0.6 is 24.0 Å². The molecule has 0 spiro atoms. The number of anilines is 2. The first kappa shape index (κ1) is 23.9. The molecule has 0 atom stereocenters. The van der Waals surface area contributed by atoms with Crippen molar-refractivity contribution in [3.63, 3.8) is 0 Å². The number of hydrogen-bond donors (Lipinski definition) is 2. The minimum atomic E-state index is 0. The van der Waals surface area contributed by atoms with E-state index in [4.69, 9.17) is 15.2 Å². The van der Waals surface area contributed by atoms with Crippen molar-refractivity contribution in [1.82, 2.24) is 0 Å². The molecule has 0 fully saturated rings. The van der Waals surface area contributed by atoms with E-state index in [0.29, 0.717) is 25.7 Å². The van der Waals surface area contributed by atoms with Gasteiger partial charge >= 0.3 is 0 Å². The Morgan fingerprint density at radius 2 is 1.71 bits per heavy atom. The molecule has 154 valence electrons. The van der Waals surface area contributed by atoms with Crippen LogP contribution in [0.15, 0.2) is 47.5 Å². The van der Waals surface area contributed by atoms with Crippen LogP contribution in [-0.4, -0.2) is 39.8 Å². The molecular formula is C21H31IN4O2. The maximum Gasteiger partial charge on any atom is 0.193 e. The summed E-state index contributed by atoms with van der Waals surface area (Å²) >= 11 is 0. The summed E-state index contributed by atoms with van der Waals surface area (Å²) in [6.45, 7) is 5.67. The topological polar surface area (TPSA) is 72.1 Å². The van der Waals surface area contributed by atoms with Crippen molar-refractivity contribution in [2.24, 2.45) is 10.7 Å². The third-order valence-corrected chi connectivity index (χ3v) is 3.96. The van der Waals surface area contributed by atoms with Crippen molar-refractivity contribution in [3.05, 3.63) is 48.0 Å². The van der Waals surface area contributed by atoms with E-state index < -0.39 is 0 Å². The summed E-state index contributed by atoms with van der Waals surface area (Å²) in [5.41, 5.74) is 9.22. The fraction of sp³-hybridized carbons (Fsp3) is 0.381. The van der Waals surface area contributed by atoms with E-state index in [1.54, 1.807) is 0 Å². The second-order valence-corrected chi connectivity index (χ2v) is 6.23. The molecule has 0 saturated heterocycles. The predicted molar refractivity (Wildman–Crippen MR) is 129 cm³/mol. The Morgan fingerprint density at radius 3 is 2.32 bits per heavy atom. The first-order chi connectivity index (χ1) is 13.0. The van der Waals surface area contributed by atoms with Gasteiger partial charge in [0.15, 0.2) is 5.96 Å². The molecule has 2 rings (SSSR count). The molecule has 0 aliphatic heterocycles. The van der Waals surface area contributed by atoms with Crippen LogP contribution in [-0.2, 0) is 6.42 Å². The molecule has 0 aromatic heterocycles. The standard InChI is InChI=1S/C21H30N4O2.HI/c1-5-26-18-11-12-20(27-6-2)19(15-18)24-21(22)23-14-13-16-7-9-17(10-8-16)25(3)4;/h7-12,15H,5-6,13-14H2,1-4H3,(H3,22,23,24);1H. The van der Waals surface area contributed by atoms with Gasteiger partial charge in [-0.3, -0.25) is 4.99 Å². The van der Waals surface area contributed by atoms with Gasteiger partial charge in [0.25, 0.3) is 0 Å². The van der Waals surface area contributed by atoms with Crippen LogP contribution in [0.25, 0.3) is 0 Å². The third-order valence-electron chi connectivity index (χ3n) is 3.96. The zero-order valence-corrected chi connectivity index (χ0v) is 19.4. The zero-order valence-electron chi connectivity index (χ0n) is 17.1. The normalized spacial score (nSPS) is 10.8. The summed E-state index contributed by atoms with van der Waals surface area (Å²) in [5, 5.41) is 3.12. The molecule has 3 N–H and O–H groups in total. The third kappa shape index (κ3) is 7.46. The number of nitrogens with zero attached hydrogens (tertiary/aromatic N) is 2. The number of nitrogens with two attached hydrogens (primary N) is 1. The Labute approximate surface area is 185 Å². The summed E-state index contributed by atoms with van der Waals surface area (Å²) in [7, 11) is 4.06. The van der Waals surface area contributed by atoms with Crippen molar-refractivity contribution >= 4 is 41.3 Å². The van der Waals surface area contributed by atoms with E-state index in [1.165, 1.54) is 11.3 Å². The fourth-order valence-corrected chi connectivity index (χ4v) is 2.59. The highest BCUT2D eigenvalue weighted by Crippen LogP contribution is 2.29. The molecule has 0 aliphatic carbocycles. The van der Waals surface area contributed by atoms with Crippen LogP contribution < -0.4 is 25.4 Å². The lowest BCUT2D eigenvalue weighted by Crippen LogP contribution is -2.23. The van der Waals surface area contributed by atoms with E-state index in [2.05, 4.69) is 39.5 Å². The molecule has 0 unspecified atom stereocenters. The van der Waals surface area contributed by atoms with Crippen LogP contribution in [0.5, 0.6) is 11.5 Å². The highest BCUT2D eigenvalue weighted by Gasteiger charge is 2.07. The van der Waals surface area contributed by atoms with Crippen LogP contribution in [0, 0.1) is 0 Å². The van der Waals surface area contributed by atoms with Gasteiger partial charge in [-0.15, -0.1) is 24.0 Å². The molecule has 6 nitrogen and oxygen atoms in total. The Morgan fingerprint density at radius 1 is 1.04 bits per heavy atom. The van der Waals surface area contributed by atoms with Crippen LogP contribution in [0.3, 0.4) is 0 Å². The number of aliphatic imine (C=N–C) groups is 1. The summed E-state index contributed by atoms with van der Waals surface area (Å²) in [5.74, 6) is 1.84. The van der Waals surface area contributed by atoms with Crippen molar-refractivity contribution in [1.29, 1.82) is 0 Å². The predicted octanol–water partition coefficient (Wildman–Crippen LogP) is 4.14. The van der Waals surface area contributed by atoms with Crippen LogP contribution in [0.1, 0.15) is 19.4 Å². The number of guanidine groups is 1. The second kappa shape index (κ2) is 12.3. The molecule has 7 heteroatoms. The summed E-state index contributed by atoms with van der Waals surface area (Å²) in [6.07, 6.45) is 0.827. The summed E-state index contributed by atoms with van der Waals surface area (Å²) in [6, 6.07) is 14.1. The highest BCUT2D eigenvalue weighted by molar-refractivity contribution is 14.0. The van der Waals surface area contributed by atoms with Gasteiger partial charge in [-0.25, -0.2) is 0 Å². The minimum absolute atomic E-state index is 0. The van der Waals surface area contributed by atoms with Gasteiger partial charge in [-0.05, 0) is 50.1 Å². The lowest BCUT2D eigenvalue weighted by Gasteiger charge is -2.14. The molecule has 0 radical (unpaired) electrons. The van der Waals surface area contributed by atoms with Crippen molar-refractivity contribution in [2.75, 3.05) is 44.1 Å². The molecular weight excluding hydrogens is 467 g/mol. The van der Waals surface area contributed by atoms with Gasteiger partial charge in [-0.1, -0.05) is 12.1 Å². The van der Waals surface area contributed by atoms with E-state index in [1.807, 2.05) is 46.1 Å². The molecule has 0 amide bonds. The molecule has 2 aromatic carbocycles. The van der Waals surface area contributed by atoms with Gasteiger partial charge < -0.3 is 25.4 Å². The van der Waals surface area contributed by atoms with Crippen LogP contribution in [0.4, 0.5) is 11.4 Å². The summed E-state index contributed by atoms with van der Waals surface area (Å²) in [4.78, 5) is 6.51. The Hall–Kier alpha value is -2.16. The zero-order chi connectivity index (χ0) is 19.6. The molecule has 2 aromatic rings. The maximum atomic E-state index is 6.06. The van der Waals surface area contributed by atoms with E-state index in [-0.39, 0.29) is 24.0 Å². The number of ether oxygens (including phenoxy) is 2. The van der Waals surface area contributed by atoms with Gasteiger partial charge in [0.2, 0.25) is 0 Å². The van der Waals surface area contributed by atoms with Gasteiger partial charge in [0.05, 0.1) is 18.9 Å². The lowest BCUT2D eigenvalue weighted by molar-refractivity contribution is 0.332. The molecule has 0 saturated carbocycles. The molecule has 0 bridgehead atoms. The largest absolute Gasteiger partial charge is 0.494 e. The van der Waals surface area contributed by atoms with Gasteiger partial charge in [0, 0.05) is 32.4 Å². The molecule has 0 heterocycles. The van der Waals surface area contributed by atoms with E-state index >= 15 is 0 Å². The van der Waals surface area contributed by atoms with Gasteiger partial charge in [-0.2, -0.15) is 0 Å². The molecule has 28 heavy (non-hydrogen) atoms. The molecule has 0 aliphatic rings. The lowest BCUT2D eigenvalue weighted by atomic mass is 10.1. The number of hydrogen-bond acceptors (Lipinski definition) is 4. The first-order valence-electron chi connectivity index (χ1n) is 9.26. The van der Waals surface area contributed by atoms with Crippen molar-refractivity contribution < 1.29 is 9.47 Å². The quantitative estimate of drug-likeness (QED) is 0.309. The van der Waals surface area contributed by atoms with Crippen molar-refractivity contribution in [2.45, 2.75) is 20.3 Å². The minimum Gasteiger partial charge on any atom is -0.494 e. The Balaban J connectivity index is 0.00000392. The van der Waals surface area contributed by atoms with Gasteiger partial charge in [0.1, 0.15) is 11.5 Å². The fourth-order valence-electron chi connectivity index (χ4n) is 2.59. The SMILES string of the molecule is CCOc1ccc(OCC)c(NC(N)=NCCc2ccc(N(C)C)cc2)c1.I. The average Bonchev–Trinajstić information content (AvgIpc) is 2.64.